The van der Waals surface area contributed by atoms with Gasteiger partial charge in [-0.25, -0.2) is 0 Å². The Balaban J connectivity index is 1.31. The van der Waals surface area contributed by atoms with Crippen molar-refractivity contribution in [1.29, 1.82) is 0 Å². The van der Waals surface area contributed by atoms with Crippen molar-refractivity contribution in [3.8, 4) is 0 Å². The Kier molecular flexibility index (Phi) is 4.52. The molecule has 2 aromatic rings. The summed E-state index contributed by atoms with van der Waals surface area (Å²) >= 11 is 0. The van der Waals surface area contributed by atoms with Crippen LogP contribution in [-0.4, -0.2) is 52.1 Å². The average molecular weight is 326 g/mol. The van der Waals surface area contributed by atoms with Gasteiger partial charge in [-0.15, -0.1) is 0 Å². The van der Waals surface area contributed by atoms with Crippen LogP contribution in [0.2, 0.25) is 0 Å². The van der Waals surface area contributed by atoms with Gasteiger partial charge in [-0.3, -0.25) is 14.8 Å². The molecule has 0 saturated carbocycles. The van der Waals surface area contributed by atoms with Crippen LogP contribution in [0.1, 0.15) is 37.7 Å². The molecule has 0 spiro atoms. The fourth-order valence-corrected chi connectivity index (χ4v) is 4.06. The van der Waals surface area contributed by atoms with E-state index in [1.165, 1.54) is 30.2 Å². The predicted molar refractivity (Wildman–Crippen MR) is 94.5 cm³/mol. The summed E-state index contributed by atoms with van der Waals surface area (Å²) in [4.78, 5) is 17.2. The molecule has 0 unspecified atom stereocenters. The second-order valence-electron chi connectivity index (χ2n) is 7.23. The third-order valence-corrected chi connectivity index (χ3v) is 5.52. The van der Waals surface area contributed by atoms with E-state index < -0.39 is 0 Å². The standard InChI is InChI=1S/C19H26N4O/c24-19(23-8-2-1-3-9-23)16-6-10-22(11-7-16)14-15-4-5-18-17(12-15)13-20-21-18/h4-5,12-13,16H,1-3,6-11,14H2,(H,20,21). The molecule has 2 aliphatic heterocycles. The van der Waals surface area contributed by atoms with Crippen LogP contribution < -0.4 is 0 Å². The van der Waals surface area contributed by atoms with Crippen LogP contribution >= 0.6 is 0 Å². The van der Waals surface area contributed by atoms with E-state index in [4.69, 9.17) is 0 Å². The summed E-state index contributed by atoms with van der Waals surface area (Å²) in [5.74, 6) is 0.657. The highest BCUT2D eigenvalue weighted by Gasteiger charge is 2.29. The molecule has 0 atom stereocenters. The van der Waals surface area contributed by atoms with E-state index in [-0.39, 0.29) is 5.92 Å². The molecule has 1 aromatic heterocycles. The topological polar surface area (TPSA) is 52.2 Å². The van der Waals surface area contributed by atoms with Gasteiger partial charge in [0.25, 0.3) is 0 Å². The number of nitrogens with zero attached hydrogens (tertiary/aromatic N) is 3. The van der Waals surface area contributed by atoms with Gasteiger partial charge in [-0.05, 0) is 62.9 Å². The highest BCUT2D eigenvalue weighted by atomic mass is 16.2. The fourth-order valence-electron chi connectivity index (χ4n) is 4.06. The van der Waals surface area contributed by atoms with Gasteiger partial charge in [-0.2, -0.15) is 5.10 Å². The van der Waals surface area contributed by atoms with Crippen molar-refractivity contribution in [2.24, 2.45) is 5.92 Å². The van der Waals surface area contributed by atoms with Crippen molar-refractivity contribution in [3.05, 3.63) is 30.0 Å². The number of aromatic amines is 1. The minimum absolute atomic E-state index is 0.246. The predicted octanol–water partition coefficient (Wildman–Crippen LogP) is 2.79. The van der Waals surface area contributed by atoms with Crippen LogP contribution in [-0.2, 0) is 11.3 Å². The zero-order valence-electron chi connectivity index (χ0n) is 14.2. The van der Waals surface area contributed by atoms with Gasteiger partial charge < -0.3 is 4.90 Å². The first-order valence-electron chi connectivity index (χ1n) is 9.23. The van der Waals surface area contributed by atoms with Gasteiger partial charge in [0.05, 0.1) is 11.7 Å². The Morgan fingerprint density at radius 2 is 1.92 bits per heavy atom. The molecule has 2 fully saturated rings. The molecule has 5 nitrogen and oxygen atoms in total. The monoisotopic (exact) mass is 326 g/mol. The third-order valence-electron chi connectivity index (χ3n) is 5.52. The van der Waals surface area contributed by atoms with E-state index in [2.05, 4.69) is 38.2 Å². The maximum Gasteiger partial charge on any atom is 0.225 e. The number of benzene rings is 1. The van der Waals surface area contributed by atoms with E-state index in [0.717, 1.165) is 51.1 Å². The van der Waals surface area contributed by atoms with E-state index in [0.29, 0.717) is 5.91 Å². The second-order valence-corrected chi connectivity index (χ2v) is 7.23. The molecule has 1 amide bonds. The molecule has 0 aliphatic carbocycles. The quantitative estimate of drug-likeness (QED) is 0.943. The summed E-state index contributed by atoms with van der Waals surface area (Å²) in [6.45, 7) is 4.96. The minimum atomic E-state index is 0.246. The number of H-pyrrole nitrogens is 1. The van der Waals surface area contributed by atoms with Crippen molar-refractivity contribution in [3.63, 3.8) is 0 Å². The van der Waals surface area contributed by atoms with Gasteiger partial charge in [0.1, 0.15) is 0 Å². The van der Waals surface area contributed by atoms with Crippen molar-refractivity contribution in [2.75, 3.05) is 26.2 Å². The molecule has 4 rings (SSSR count). The number of hydrogen-bond donors (Lipinski definition) is 1. The number of hydrogen-bond acceptors (Lipinski definition) is 3. The van der Waals surface area contributed by atoms with E-state index >= 15 is 0 Å². The van der Waals surface area contributed by atoms with Crippen LogP contribution in [0.15, 0.2) is 24.4 Å². The number of fused-ring (bicyclic) bond motifs is 1. The van der Waals surface area contributed by atoms with Crippen LogP contribution in [0, 0.1) is 5.92 Å². The molecule has 2 aliphatic rings. The number of aromatic nitrogens is 2. The van der Waals surface area contributed by atoms with E-state index in [1.54, 1.807) is 0 Å². The lowest BCUT2D eigenvalue weighted by Crippen LogP contribution is -2.44. The fraction of sp³-hybridized carbons (Fsp3) is 0.579. The largest absolute Gasteiger partial charge is 0.342 e. The van der Waals surface area contributed by atoms with Gasteiger partial charge in [0, 0.05) is 30.9 Å². The lowest BCUT2D eigenvalue weighted by atomic mass is 9.94. The van der Waals surface area contributed by atoms with Crippen LogP contribution in [0.4, 0.5) is 0 Å². The Bertz CT molecular complexity index is 696. The lowest BCUT2D eigenvalue weighted by molar-refractivity contribution is -0.138. The zero-order chi connectivity index (χ0) is 16.4. The normalized spacial score (nSPS) is 20.6. The first-order valence-corrected chi connectivity index (χ1v) is 9.23. The molecule has 128 valence electrons. The van der Waals surface area contributed by atoms with Crippen molar-refractivity contribution in [2.45, 2.75) is 38.6 Å². The number of amides is 1. The molecule has 0 bridgehead atoms. The Morgan fingerprint density at radius 3 is 2.71 bits per heavy atom. The summed E-state index contributed by atoms with van der Waals surface area (Å²) in [6, 6.07) is 6.49. The zero-order valence-corrected chi connectivity index (χ0v) is 14.2. The first-order chi connectivity index (χ1) is 11.8. The summed E-state index contributed by atoms with van der Waals surface area (Å²) in [6.07, 6.45) is 7.53. The Morgan fingerprint density at radius 1 is 1.12 bits per heavy atom. The van der Waals surface area contributed by atoms with Crippen LogP contribution in [0.25, 0.3) is 10.9 Å². The van der Waals surface area contributed by atoms with E-state index in [9.17, 15) is 4.79 Å². The average Bonchev–Trinajstić information content (AvgIpc) is 3.10. The lowest BCUT2D eigenvalue weighted by Gasteiger charge is -2.35. The van der Waals surface area contributed by atoms with Crippen molar-refractivity contribution < 1.29 is 4.79 Å². The van der Waals surface area contributed by atoms with Crippen LogP contribution in [0.5, 0.6) is 0 Å². The Labute approximate surface area is 143 Å². The molecule has 24 heavy (non-hydrogen) atoms. The smallest absolute Gasteiger partial charge is 0.225 e. The summed E-state index contributed by atoms with van der Waals surface area (Å²) in [5, 5.41) is 8.25. The number of piperidine rings is 2. The van der Waals surface area contributed by atoms with Gasteiger partial charge in [-0.1, -0.05) is 6.07 Å². The third kappa shape index (κ3) is 3.31. The van der Waals surface area contributed by atoms with Crippen molar-refractivity contribution >= 4 is 16.8 Å². The molecule has 0 radical (unpaired) electrons. The SMILES string of the molecule is O=C(C1CCN(Cc2ccc3[nH]ncc3c2)CC1)N1CCCCC1. The minimum Gasteiger partial charge on any atom is -0.342 e. The molecule has 5 heteroatoms. The molecule has 1 N–H and O–H groups in total. The van der Waals surface area contributed by atoms with Gasteiger partial charge >= 0.3 is 0 Å². The maximum atomic E-state index is 12.6. The number of rotatable bonds is 3. The summed E-state index contributed by atoms with van der Waals surface area (Å²) in [5.41, 5.74) is 2.41. The molecule has 2 saturated heterocycles. The highest BCUT2D eigenvalue weighted by Crippen LogP contribution is 2.23. The van der Waals surface area contributed by atoms with Crippen LogP contribution in [0.3, 0.4) is 0 Å². The maximum absolute atomic E-state index is 12.6. The molecule has 1 aromatic carbocycles. The van der Waals surface area contributed by atoms with E-state index in [1.807, 2.05) is 6.20 Å². The number of likely N-dealkylation sites (tertiary alicyclic amines) is 2. The summed E-state index contributed by atoms with van der Waals surface area (Å²) in [7, 11) is 0. The molecular weight excluding hydrogens is 300 g/mol. The number of nitrogens with one attached hydrogen (secondary N) is 1. The molecule has 3 heterocycles. The number of carbonyl (C=O) groups excluding carboxylic acids is 1. The van der Waals surface area contributed by atoms with Crippen molar-refractivity contribution in [1.82, 2.24) is 20.0 Å². The first kappa shape index (κ1) is 15.6. The number of carbonyl (C=O) groups is 1. The second kappa shape index (κ2) is 6.93. The van der Waals surface area contributed by atoms with Gasteiger partial charge in [0.15, 0.2) is 0 Å². The highest BCUT2D eigenvalue weighted by molar-refractivity contribution is 5.79. The summed E-state index contributed by atoms with van der Waals surface area (Å²) < 4.78 is 0. The van der Waals surface area contributed by atoms with Gasteiger partial charge in [0.2, 0.25) is 5.91 Å². The Hall–Kier alpha value is -1.88. The molecular formula is C19H26N4O.